The van der Waals surface area contributed by atoms with Gasteiger partial charge in [-0.05, 0) is 73.2 Å². The summed E-state index contributed by atoms with van der Waals surface area (Å²) in [5.41, 5.74) is 5.17. The number of nitrogens with zero attached hydrogens (tertiary/aromatic N) is 1. The van der Waals surface area contributed by atoms with Crippen molar-refractivity contribution in [2.75, 3.05) is 29.9 Å². The minimum absolute atomic E-state index is 0.102. The molecule has 0 spiro atoms. The number of hydrogen-bond donors (Lipinski definition) is 2. The maximum atomic E-state index is 12.7. The number of carbonyl (C=O) groups excluding carboxylic acids is 1. The van der Waals surface area contributed by atoms with Gasteiger partial charge in [-0.2, -0.15) is 0 Å². The first-order valence-electron chi connectivity index (χ1n) is 9.56. The zero-order chi connectivity index (χ0) is 19.9. The quantitative estimate of drug-likeness (QED) is 0.810. The van der Waals surface area contributed by atoms with Crippen LogP contribution in [0.4, 0.5) is 11.4 Å². The van der Waals surface area contributed by atoms with Gasteiger partial charge in [0.2, 0.25) is 15.9 Å². The molecule has 0 saturated carbocycles. The monoisotopic (exact) mass is 399 g/mol. The second-order valence-corrected chi connectivity index (χ2v) is 9.53. The van der Waals surface area contributed by atoms with Gasteiger partial charge in [0, 0.05) is 31.0 Å². The van der Waals surface area contributed by atoms with Crippen molar-refractivity contribution >= 4 is 27.3 Å². The van der Waals surface area contributed by atoms with Crippen LogP contribution < -0.4 is 14.9 Å². The van der Waals surface area contributed by atoms with Gasteiger partial charge in [0.05, 0.1) is 11.3 Å². The summed E-state index contributed by atoms with van der Waals surface area (Å²) in [7, 11) is -3.59. The molecule has 7 heteroatoms. The number of hydrogen-bond acceptors (Lipinski definition) is 4. The van der Waals surface area contributed by atoms with E-state index >= 15 is 0 Å². The summed E-state index contributed by atoms with van der Waals surface area (Å²) in [6, 6.07) is 11.3. The molecule has 6 nitrogen and oxygen atoms in total. The molecular formula is C21H25N3O3S. The van der Waals surface area contributed by atoms with Gasteiger partial charge in [-0.1, -0.05) is 6.07 Å². The number of nitrogens with one attached hydrogen (secondary N) is 2. The van der Waals surface area contributed by atoms with E-state index < -0.39 is 10.0 Å². The largest absolute Gasteiger partial charge is 0.371 e. The lowest BCUT2D eigenvalue weighted by atomic mass is 10.1. The first-order valence-corrected chi connectivity index (χ1v) is 11.0. The number of fused-ring (bicyclic) bond motifs is 1. The maximum Gasteiger partial charge on any atom is 0.240 e. The normalized spacial score (nSPS) is 19.0. The minimum atomic E-state index is -3.59. The fourth-order valence-corrected chi connectivity index (χ4v) is 5.01. The van der Waals surface area contributed by atoms with E-state index in [2.05, 4.69) is 47.0 Å². The van der Waals surface area contributed by atoms with Crippen LogP contribution in [0.5, 0.6) is 0 Å². The SMILES string of the molecule is Cc1ccc(N2CCC(CNS(=O)(=O)c3ccc4c(c3)CC(=O)N4)C2)cc1C. The molecule has 1 saturated heterocycles. The Kier molecular flexibility index (Phi) is 4.89. The fourth-order valence-electron chi connectivity index (χ4n) is 3.84. The number of aryl methyl sites for hydroxylation is 2. The van der Waals surface area contributed by atoms with Crippen LogP contribution in [0.15, 0.2) is 41.3 Å². The number of sulfonamides is 1. The Hall–Kier alpha value is -2.38. The van der Waals surface area contributed by atoms with Gasteiger partial charge in [0.25, 0.3) is 0 Å². The van der Waals surface area contributed by atoms with Crippen LogP contribution in [0.2, 0.25) is 0 Å². The summed E-state index contributed by atoms with van der Waals surface area (Å²) in [5.74, 6) is 0.170. The summed E-state index contributed by atoms with van der Waals surface area (Å²) < 4.78 is 28.1. The predicted octanol–water partition coefficient (Wildman–Crippen LogP) is 2.60. The maximum absolute atomic E-state index is 12.7. The highest BCUT2D eigenvalue weighted by Gasteiger charge is 2.26. The summed E-state index contributed by atoms with van der Waals surface area (Å²) in [5, 5.41) is 2.72. The first-order chi connectivity index (χ1) is 13.3. The summed E-state index contributed by atoms with van der Waals surface area (Å²) in [6.45, 7) is 6.40. The Morgan fingerprint density at radius 2 is 1.96 bits per heavy atom. The third-order valence-electron chi connectivity index (χ3n) is 5.72. The Balaban J connectivity index is 1.38. The molecule has 4 rings (SSSR count). The molecule has 0 radical (unpaired) electrons. The van der Waals surface area contributed by atoms with E-state index in [1.807, 2.05) is 0 Å². The molecule has 1 unspecified atom stereocenters. The Labute approximate surface area is 166 Å². The van der Waals surface area contributed by atoms with Crippen LogP contribution in [0.1, 0.15) is 23.1 Å². The van der Waals surface area contributed by atoms with Gasteiger partial charge < -0.3 is 10.2 Å². The molecule has 0 bridgehead atoms. The van der Waals surface area contributed by atoms with E-state index in [0.29, 0.717) is 12.2 Å². The summed E-state index contributed by atoms with van der Waals surface area (Å²) >= 11 is 0. The second kappa shape index (κ2) is 7.22. The number of rotatable bonds is 5. The summed E-state index contributed by atoms with van der Waals surface area (Å²) in [4.78, 5) is 14.0. The van der Waals surface area contributed by atoms with Crippen LogP contribution >= 0.6 is 0 Å². The number of benzene rings is 2. The van der Waals surface area contributed by atoms with Gasteiger partial charge in [0.15, 0.2) is 0 Å². The van der Waals surface area contributed by atoms with Crippen LogP contribution in [0.3, 0.4) is 0 Å². The molecular weight excluding hydrogens is 374 g/mol. The average molecular weight is 400 g/mol. The molecule has 1 fully saturated rings. The highest BCUT2D eigenvalue weighted by atomic mass is 32.2. The van der Waals surface area contributed by atoms with E-state index in [-0.39, 0.29) is 23.1 Å². The molecule has 0 aromatic heterocycles. The standard InChI is InChI=1S/C21H25N3O3S/c1-14-3-4-18(9-15(14)2)24-8-7-16(13-24)12-22-28(26,27)19-5-6-20-17(10-19)11-21(25)23-20/h3-6,9-10,16,22H,7-8,11-13H2,1-2H3,(H,23,25). The van der Waals surface area contributed by atoms with E-state index in [0.717, 1.165) is 25.1 Å². The lowest BCUT2D eigenvalue weighted by molar-refractivity contribution is -0.115. The second-order valence-electron chi connectivity index (χ2n) is 7.77. The predicted molar refractivity (Wildman–Crippen MR) is 110 cm³/mol. The highest BCUT2D eigenvalue weighted by Crippen LogP contribution is 2.27. The third kappa shape index (κ3) is 3.77. The van der Waals surface area contributed by atoms with Crippen molar-refractivity contribution in [3.05, 3.63) is 53.1 Å². The van der Waals surface area contributed by atoms with Crippen molar-refractivity contribution < 1.29 is 13.2 Å². The number of carbonyl (C=O) groups is 1. The van der Waals surface area contributed by atoms with Gasteiger partial charge >= 0.3 is 0 Å². The number of amides is 1. The molecule has 2 aromatic carbocycles. The lowest BCUT2D eigenvalue weighted by Gasteiger charge is -2.20. The number of anilines is 2. The van der Waals surface area contributed by atoms with Crippen molar-refractivity contribution in [2.45, 2.75) is 31.6 Å². The average Bonchev–Trinajstić information content (AvgIpc) is 3.27. The van der Waals surface area contributed by atoms with Crippen molar-refractivity contribution in [3.63, 3.8) is 0 Å². The van der Waals surface area contributed by atoms with E-state index in [4.69, 9.17) is 0 Å². The first kappa shape index (κ1) is 19.0. The third-order valence-corrected chi connectivity index (χ3v) is 7.14. The highest BCUT2D eigenvalue weighted by molar-refractivity contribution is 7.89. The molecule has 2 N–H and O–H groups in total. The molecule has 0 aliphatic carbocycles. The fraction of sp³-hybridized carbons (Fsp3) is 0.381. The summed E-state index contributed by atoms with van der Waals surface area (Å²) in [6.07, 6.45) is 1.18. The molecule has 2 aromatic rings. The smallest absolute Gasteiger partial charge is 0.240 e. The van der Waals surface area contributed by atoms with E-state index in [1.54, 1.807) is 18.2 Å². The molecule has 2 heterocycles. The topological polar surface area (TPSA) is 78.5 Å². The molecule has 1 atom stereocenters. The zero-order valence-corrected chi connectivity index (χ0v) is 17.0. The molecule has 1 amide bonds. The molecule has 2 aliphatic heterocycles. The van der Waals surface area contributed by atoms with Crippen molar-refractivity contribution in [1.82, 2.24) is 4.72 Å². The lowest BCUT2D eigenvalue weighted by Crippen LogP contribution is -2.31. The van der Waals surface area contributed by atoms with Crippen molar-refractivity contribution in [2.24, 2.45) is 5.92 Å². The Morgan fingerprint density at radius 3 is 2.75 bits per heavy atom. The Bertz CT molecular complexity index is 1030. The van der Waals surface area contributed by atoms with Crippen molar-refractivity contribution in [3.8, 4) is 0 Å². The zero-order valence-electron chi connectivity index (χ0n) is 16.2. The van der Waals surface area contributed by atoms with E-state index in [1.165, 1.54) is 16.8 Å². The molecule has 148 valence electrons. The minimum Gasteiger partial charge on any atom is -0.371 e. The van der Waals surface area contributed by atoms with Crippen LogP contribution in [0, 0.1) is 19.8 Å². The van der Waals surface area contributed by atoms with Crippen LogP contribution in [0.25, 0.3) is 0 Å². The van der Waals surface area contributed by atoms with Gasteiger partial charge in [-0.3, -0.25) is 4.79 Å². The molecule has 28 heavy (non-hydrogen) atoms. The van der Waals surface area contributed by atoms with Gasteiger partial charge in [-0.25, -0.2) is 13.1 Å². The van der Waals surface area contributed by atoms with E-state index in [9.17, 15) is 13.2 Å². The Morgan fingerprint density at radius 1 is 1.14 bits per heavy atom. The van der Waals surface area contributed by atoms with Crippen LogP contribution in [-0.2, 0) is 21.2 Å². The molecule has 2 aliphatic rings. The van der Waals surface area contributed by atoms with Gasteiger partial charge in [0.1, 0.15) is 0 Å². The van der Waals surface area contributed by atoms with Gasteiger partial charge in [-0.15, -0.1) is 0 Å². The van der Waals surface area contributed by atoms with Crippen LogP contribution in [-0.4, -0.2) is 34.0 Å². The van der Waals surface area contributed by atoms with Crippen molar-refractivity contribution in [1.29, 1.82) is 0 Å².